The lowest BCUT2D eigenvalue weighted by Crippen LogP contribution is -2.57. The van der Waals surface area contributed by atoms with Crippen LogP contribution in [0.15, 0.2) is 23.0 Å². The maximum absolute atomic E-state index is 13.6. The second-order valence-electron chi connectivity index (χ2n) is 8.61. The lowest BCUT2D eigenvalue weighted by atomic mass is 9.81. The number of ether oxygens (including phenoxy) is 3. The first kappa shape index (κ1) is 22.2. The zero-order chi connectivity index (χ0) is 22.9. The minimum atomic E-state index is -1.09. The number of pyridine rings is 1. The van der Waals surface area contributed by atoms with Gasteiger partial charge in [0.05, 0.1) is 25.8 Å². The van der Waals surface area contributed by atoms with Gasteiger partial charge < -0.3 is 19.5 Å². The molecule has 1 fully saturated rings. The molecule has 2 aliphatic rings. The summed E-state index contributed by atoms with van der Waals surface area (Å²) in [5, 5.41) is 3.59. The van der Waals surface area contributed by atoms with E-state index in [1.165, 1.54) is 7.11 Å². The molecule has 32 heavy (non-hydrogen) atoms. The van der Waals surface area contributed by atoms with Gasteiger partial charge in [-0.3, -0.25) is 14.2 Å². The summed E-state index contributed by atoms with van der Waals surface area (Å²) in [4.78, 5) is 39.6. The molecule has 8 nitrogen and oxygen atoms in total. The van der Waals surface area contributed by atoms with Crippen molar-refractivity contribution in [2.24, 2.45) is 0 Å². The quantitative estimate of drug-likeness (QED) is 0.690. The summed E-state index contributed by atoms with van der Waals surface area (Å²) in [6.07, 6.45) is 5.24. The van der Waals surface area contributed by atoms with E-state index in [2.05, 4.69) is 5.32 Å². The fraction of sp³-hybridized carbons (Fsp3) is 0.542. The fourth-order valence-electron chi connectivity index (χ4n) is 5.01. The van der Waals surface area contributed by atoms with Crippen molar-refractivity contribution in [1.82, 2.24) is 9.88 Å². The lowest BCUT2D eigenvalue weighted by molar-refractivity contribution is -0.149. The molecule has 1 N–H and O–H groups in total. The highest BCUT2D eigenvalue weighted by Gasteiger charge is 2.42. The van der Waals surface area contributed by atoms with Crippen LogP contribution in [-0.2, 0) is 9.53 Å². The molecule has 1 unspecified atom stereocenters. The number of nitrogens with one attached hydrogen (secondary N) is 1. The Labute approximate surface area is 186 Å². The van der Waals surface area contributed by atoms with Gasteiger partial charge in [0.25, 0.3) is 11.5 Å². The number of methoxy groups -OCH3 is 2. The number of esters is 1. The van der Waals surface area contributed by atoms with E-state index in [0.29, 0.717) is 41.9 Å². The highest BCUT2D eigenvalue weighted by atomic mass is 16.5. The van der Waals surface area contributed by atoms with E-state index < -0.39 is 17.4 Å². The molecule has 0 saturated heterocycles. The molecule has 1 aliphatic heterocycles. The molecule has 0 bridgehead atoms. The number of carbonyl (C=O) groups is 2. The topological polar surface area (TPSA) is 95.9 Å². The van der Waals surface area contributed by atoms with Crippen molar-refractivity contribution in [3.05, 3.63) is 34.1 Å². The maximum atomic E-state index is 13.6. The molecule has 1 aromatic heterocycles. The first-order valence-corrected chi connectivity index (χ1v) is 11.3. The number of hydrogen-bond acceptors (Lipinski definition) is 6. The zero-order valence-corrected chi connectivity index (χ0v) is 18.9. The zero-order valence-electron chi connectivity index (χ0n) is 18.9. The largest absolute Gasteiger partial charge is 0.493 e. The van der Waals surface area contributed by atoms with Crippen LogP contribution in [0.1, 0.15) is 68.3 Å². The number of aromatic nitrogens is 1. The van der Waals surface area contributed by atoms with Crippen molar-refractivity contribution < 1.29 is 23.8 Å². The van der Waals surface area contributed by atoms with E-state index in [4.69, 9.17) is 14.2 Å². The van der Waals surface area contributed by atoms with Gasteiger partial charge in [-0.05, 0) is 37.5 Å². The third-order valence-corrected chi connectivity index (χ3v) is 6.62. The first-order valence-electron chi connectivity index (χ1n) is 11.3. The molecule has 172 valence electrons. The van der Waals surface area contributed by atoms with Crippen molar-refractivity contribution in [1.29, 1.82) is 0 Å². The van der Waals surface area contributed by atoms with Gasteiger partial charge in [0.1, 0.15) is 17.7 Å². The lowest BCUT2D eigenvalue weighted by Gasteiger charge is -2.35. The molecule has 1 saturated carbocycles. The van der Waals surface area contributed by atoms with Crippen LogP contribution in [0.5, 0.6) is 11.5 Å². The van der Waals surface area contributed by atoms with Gasteiger partial charge in [-0.2, -0.15) is 0 Å². The summed E-state index contributed by atoms with van der Waals surface area (Å²) in [7, 11) is 2.88. The summed E-state index contributed by atoms with van der Waals surface area (Å²) in [5.41, 5.74) is -0.826. The van der Waals surface area contributed by atoms with Gasteiger partial charge in [0, 0.05) is 5.39 Å². The van der Waals surface area contributed by atoms with Gasteiger partial charge in [0.2, 0.25) is 0 Å². The molecule has 2 heterocycles. The Morgan fingerprint density at radius 2 is 1.97 bits per heavy atom. The second kappa shape index (κ2) is 8.84. The van der Waals surface area contributed by atoms with E-state index in [9.17, 15) is 14.4 Å². The average molecular weight is 443 g/mol. The van der Waals surface area contributed by atoms with Crippen LogP contribution in [-0.4, -0.2) is 42.8 Å². The minimum Gasteiger partial charge on any atom is -0.493 e. The maximum Gasteiger partial charge on any atom is 0.331 e. The first-order chi connectivity index (χ1) is 15.5. The number of amides is 1. The molecule has 0 spiro atoms. The molecule has 1 aromatic carbocycles. The number of hydrogen-bond donors (Lipinski definition) is 1. The van der Waals surface area contributed by atoms with Crippen LogP contribution in [0.3, 0.4) is 0 Å². The van der Waals surface area contributed by atoms with Crippen molar-refractivity contribution in [3.63, 3.8) is 0 Å². The molecular formula is C24H30N2O6. The van der Waals surface area contributed by atoms with Gasteiger partial charge >= 0.3 is 5.97 Å². The van der Waals surface area contributed by atoms with Crippen LogP contribution in [0.2, 0.25) is 0 Å². The van der Waals surface area contributed by atoms with E-state index in [-0.39, 0.29) is 17.2 Å². The third-order valence-electron chi connectivity index (χ3n) is 6.62. The molecule has 1 amide bonds. The Morgan fingerprint density at radius 3 is 2.62 bits per heavy atom. The van der Waals surface area contributed by atoms with E-state index in [1.807, 2.05) is 13.0 Å². The normalized spacial score (nSPS) is 19.2. The van der Waals surface area contributed by atoms with Crippen LogP contribution in [0.4, 0.5) is 0 Å². The third kappa shape index (κ3) is 3.61. The van der Waals surface area contributed by atoms with Crippen LogP contribution >= 0.6 is 0 Å². The highest BCUT2D eigenvalue weighted by Crippen LogP contribution is 2.40. The number of nitrogens with zero attached hydrogens (tertiary/aromatic N) is 1. The second-order valence-corrected chi connectivity index (χ2v) is 8.61. The highest BCUT2D eigenvalue weighted by molar-refractivity contribution is 6.01. The van der Waals surface area contributed by atoms with Crippen molar-refractivity contribution >= 4 is 22.8 Å². The molecule has 4 rings (SSSR count). The van der Waals surface area contributed by atoms with Crippen molar-refractivity contribution in [3.8, 4) is 11.5 Å². The SMILES string of the molecule is CCCC1COc2c(OC)ccc3cc(C(=O)NC4(C(=O)OC)CCCCC4)c(=O)n1c23. The Hall–Kier alpha value is -3.03. The molecule has 1 aliphatic carbocycles. The monoisotopic (exact) mass is 442 g/mol. The summed E-state index contributed by atoms with van der Waals surface area (Å²) in [6, 6.07) is 4.98. The van der Waals surface area contributed by atoms with E-state index in [1.54, 1.807) is 23.8 Å². The summed E-state index contributed by atoms with van der Waals surface area (Å²) in [6.45, 7) is 2.37. The molecule has 2 aromatic rings. The Bertz CT molecular complexity index is 1100. The van der Waals surface area contributed by atoms with Gasteiger partial charge in [0.15, 0.2) is 11.5 Å². The van der Waals surface area contributed by atoms with Gasteiger partial charge in [-0.15, -0.1) is 0 Å². The van der Waals surface area contributed by atoms with E-state index >= 15 is 0 Å². The fourth-order valence-corrected chi connectivity index (χ4v) is 5.01. The summed E-state index contributed by atoms with van der Waals surface area (Å²) >= 11 is 0. The molecule has 8 heteroatoms. The molecule has 1 atom stereocenters. The van der Waals surface area contributed by atoms with Crippen molar-refractivity contribution in [2.75, 3.05) is 20.8 Å². The van der Waals surface area contributed by atoms with Crippen LogP contribution in [0.25, 0.3) is 10.9 Å². The summed E-state index contributed by atoms with van der Waals surface area (Å²) < 4.78 is 18.1. The number of rotatable bonds is 6. The van der Waals surface area contributed by atoms with Crippen LogP contribution < -0.4 is 20.3 Å². The smallest absolute Gasteiger partial charge is 0.331 e. The number of benzene rings is 1. The standard InChI is InChI=1S/C24H30N2O6/c1-4-8-16-14-32-20-18(30-2)10-9-15-13-17(22(28)26(16)19(15)20)21(27)25-24(23(29)31-3)11-6-5-7-12-24/h9-10,13,16H,4-8,11-12,14H2,1-3H3,(H,25,27). The Kier molecular flexibility index (Phi) is 6.13. The summed E-state index contributed by atoms with van der Waals surface area (Å²) in [5.74, 6) is 0.0495. The Morgan fingerprint density at radius 1 is 1.22 bits per heavy atom. The predicted octanol–water partition coefficient (Wildman–Crippen LogP) is 3.35. The minimum absolute atomic E-state index is 0.0190. The average Bonchev–Trinajstić information content (AvgIpc) is 2.81. The molecule has 0 radical (unpaired) electrons. The van der Waals surface area contributed by atoms with Crippen molar-refractivity contribution in [2.45, 2.75) is 63.5 Å². The predicted molar refractivity (Wildman–Crippen MR) is 119 cm³/mol. The van der Waals surface area contributed by atoms with Gasteiger partial charge in [-0.1, -0.05) is 32.6 Å². The number of carbonyl (C=O) groups excluding carboxylic acids is 2. The van der Waals surface area contributed by atoms with Gasteiger partial charge in [-0.25, -0.2) is 4.79 Å². The van der Waals surface area contributed by atoms with Crippen LogP contribution in [0, 0.1) is 0 Å². The Balaban J connectivity index is 1.83. The molecular weight excluding hydrogens is 412 g/mol. The van der Waals surface area contributed by atoms with E-state index in [0.717, 1.165) is 32.1 Å².